The van der Waals surface area contributed by atoms with Crippen LogP contribution in [0.3, 0.4) is 0 Å². The predicted octanol–water partition coefficient (Wildman–Crippen LogP) is 1.47. The molecule has 0 amide bonds. The molecule has 15 heavy (non-hydrogen) atoms. The molecule has 1 saturated heterocycles. The largest absolute Gasteiger partial charge is 0.381 e. The zero-order valence-electron chi connectivity index (χ0n) is 10.3. The van der Waals surface area contributed by atoms with Crippen LogP contribution >= 0.6 is 0 Å². The van der Waals surface area contributed by atoms with E-state index < -0.39 is 0 Å². The van der Waals surface area contributed by atoms with E-state index in [1.54, 1.807) is 0 Å². The molecule has 0 bridgehead atoms. The van der Waals surface area contributed by atoms with Crippen LogP contribution in [-0.2, 0) is 4.74 Å². The molecule has 3 nitrogen and oxygen atoms in total. The van der Waals surface area contributed by atoms with Crippen molar-refractivity contribution >= 4 is 0 Å². The Morgan fingerprint density at radius 3 is 2.53 bits per heavy atom. The fourth-order valence-corrected chi connectivity index (χ4v) is 2.31. The fourth-order valence-electron chi connectivity index (χ4n) is 2.31. The average Bonchev–Trinajstić information content (AvgIpc) is 2.27. The fraction of sp³-hybridized carbons (Fsp3) is 1.00. The molecule has 1 rings (SSSR count). The lowest BCUT2D eigenvalue weighted by molar-refractivity contribution is 0.00360. The van der Waals surface area contributed by atoms with Crippen molar-refractivity contribution in [1.29, 1.82) is 0 Å². The Balaban J connectivity index is 2.37. The van der Waals surface area contributed by atoms with Gasteiger partial charge < -0.3 is 15.4 Å². The summed E-state index contributed by atoms with van der Waals surface area (Å²) in [6.45, 7) is 7.14. The van der Waals surface area contributed by atoms with E-state index in [-0.39, 0.29) is 0 Å². The van der Waals surface area contributed by atoms with Gasteiger partial charge in [-0.2, -0.15) is 0 Å². The Morgan fingerprint density at radius 2 is 2.00 bits per heavy atom. The first kappa shape index (κ1) is 12.9. The maximum Gasteiger partial charge on any atom is 0.0472 e. The molecule has 0 radical (unpaired) electrons. The van der Waals surface area contributed by atoms with E-state index in [4.69, 9.17) is 10.5 Å². The van der Waals surface area contributed by atoms with Crippen LogP contribution in [0.1, 0.15) is 32.6 Å². The van der Waals surface area contributed by atoms with E-state index in [0.29, 0.717) is 5.41 Å². The molecule has 1 heterocycles. The molecule has 1 aliphatic heterocycles. The van der Waals surface area contributed by atoms with Crippen molar-refractivity contribution in [2.75, 3.05) is 39.9 Å². The van der Waals surface area contributed by atoms with Gasteiger partial charge in [-0.25, -0.2) is 0 Å². The number of nitrogens with zero attached hydrogens (tertiary/aromatic N) is 1. The Morgan fingerprint density at radius 1 is 1.33 bits per heavy atom. The molecule has 0 aliphatic carbocycles. The zero-order valence-corrected chi connectivity index (χ0v) is 10.3. The summed E-state index contributed by atoms with van der Waals surface area (Å²) in [7, 11) is 2.21. The highest BCUT2D eigenvalue weighted by atomic mass is 16.5. The van der Waals surface area contributed by atoms with Crippen molar-refractivity contribution in [3.63, 3.8) is 0 Å². The monoisotopic (exact) mass is 214 g/mol. The van der Waals surface area contributed by atoms with Crippen LogP contribution < -0.4 is 5.73 Å². The molecule has 3 heteroatoms. The first-order valence-corrected chi connectivity index (χ1v) is 6.19. The second kappa shape index (κ2) is 6.46. The highest BCUT2D eigenvalue weighted by Gasteiger charge is 2.32. The summed E-state index contributed by atoms with van der Waals surface area (Å²) in [6, 6.07) is 0. The van der Waals surface area contributed by atoms with E-state index in [1.807, 2.05) is 0 Å². The molecule has 1 fully saturated rings. The number of ether oxygens (including phenoxy) is 1. The van der Waals surface area contributed by atoms with Crippen LogP contribution in [0.25, 0.3) is 0 Å². The second-order valence-electron chi connectivity index (χ2n) is 4.91. The van der Waals surface area contributed by atoms with Gasteiger partial charge >= 0.3 is 0 Å². The maximum atomic E-state index is 5.93. The van der Waals surface area contributed by atoms with Gasteiger partial charge in [0.25, 0.3) is 0 Å². The first-order valence-electron chi connectivity index (χ1n) is 6.19. The molecule has 0 aromatic heterocycles. The SMILES string of the molecule is CCCCN(C)CC1(CN)CCOCC1. The van der Waals surface area contributed by atoms with Crippen LogP contribution in [0.2, 0.25) is 0 Å². The summed E-state index contributed by atoms with van der Waals surface area (Å²) in [5, 5.41) is 0. The van der Waals surface area contributed by atoms with Crippen molar-refractivity contribution in [2.24, 2.45) is 11.1 Å². The maximum absolute atomic E-state index is 5.93. The average molecular weight is 214 g/mol. The zero-order chi connectivity index (χ0) is 11.1. The van der Waals surface area contributed by atoms with Gasteiger partial charge in [-0.1, -0.05) is 13.3 Å². The van der Waals surface area contributed by atoms with Crippen LogP contribution in [0, 0.1) is 5.41 Å². The summed E-state index contributed by atoms with van der Waals surface area (Å²) < 4.78 is 5.42. The Kier molecular flexibility index (Phi) is 5.58. The molecule has 0 aromatic carbocycles. The third-order valence-electron chi connectivity index (χ3n) is 3.49. The molecule has 0 saturated carbocycles. The molecule has 0 aromatic rings. The third kappa shape index (κ3) is 4.09. The van der Waals surface area contributed by atoms with Crippen molar-refractivity contribution in [1.82, 2.24) is 4.90 Å². The quantitative estimate of drug-likeness (QED) is 0.728. The molecule has 2 N–H and O–H groups in total. The Labute approximate surface area is 94.0 Å². The van der Waals surface area contributed by atoms with Gasteiger partial charge in [-0.05, 0) is 44.8 Å². The first-order chi connectivity index (χ1) is 7.22. The molecular formula is C12H26N2O. The van der Waals surface area contributed by atoms with Crippen molar-refractivity contribution in [2.45, 2.75) is 32.6 Å². The molecule has 0 spiro atoms. The van der Waals surface area contributed by atoms with Gasteiger partial charge in [0.2, 0.25) is 0 Å². The van der Waals surface area contributed by atoms with E-state index in [1.165, 1.54) is 19.4 Å². The molecule has 1 aliphatic rings. The van der Waals surface area contributed by atoms with Gasteiger partial charge in [0.05, 0.1) is 0 Å². The van der Waals surface area contributed by atoms with Gasteiger partial charge in [0, 0.05) is 19.8 Å². The van der Waals surface area contributed by atoms with Crippen molar-refractivity contribution in [3.8, 4) is 0 Å². The lowest BCUT2D eigenvalue weighted by Crippen LogP contribution is -2.45. The molecule has 0 atom stereocenters. The lowest BCUT2D eigenvalue weighted by atomic mass is 9.80. The highest BCUT2D eigenvalue weighted by molar-refractivity contribution is 4.85. The predicted molar refractivity (Wildman–Crippen MR) is 63.9 cm³/mol. The van der Waals surface area contributed by atoms with E-state index >= 15 is 0 Å². The summed E-state index contributed by atoms with van der Waals surface area (Å²) in [4.78, 5) is 2.43. The van der Waals surface area contributed by atoms with Crippen molar-refractivity contribution in [3.05, 3.63) is 0 Å². The minimum Gasteiger partial charge on any atom is -0.381 e. The second-order valence-corrected chi connectivity index (χ2v) is 4.91. The van der Waals surface area contributed by atoms with Crippen LogP contribution in [0.15, 0.2) is 0 Å². The smallest absolute Gasteiger partial charge is 0.0472 e. The molecule has 90 valence electrons. The standard InChI is InChI=1S/C12H26N2O/c1-3-4-7-14(2)11-12(10-13)5-8-15-9-6-12/h3-11,13H2,1-2H3. The Hall–Kier alpha value is -0.120. The third-order valence-corrected chi connectivity index (χ3v) is 3.49. The van der Waals surface area contributed by atoms with Crippen LogP contribution in [0.5, 0.6) is 0 Å². The minimum atomic E-state index is 0.320. The summed E-state index contributed by atoms with van der Waals surface area (Å²) >= 11 is 0. The van der Waals surface area contributed by atoms with Gasteiger partial charge in [-0.15, -0.1) is 0 Å². The van der Waals surface area contributed by atoms with Crippen LogP contribution in [0.4, 0.5) is 0 Å². The number of unbranched alkanes of at least 4 members (excludes halogenated alkanes) is 1. The van der Waals surface area contributed by atoms with Crippen molar-refractivity contribution < 1.29 is 4.74 Å². The number of hydrogen-bond acceptors (Lipinski definition) is 3. The van der Waals surface area contributed by atoms with Gasteiger partial charge in [0.1, 0.15) is 0 Å². The summed E-state index contributed by atoms with van der Waals surface area (Å²) in [5.41, 5.74) is 6.25. The van der Waals surface area contributed by atoms with Crippen LogP contribution in [-0.4, -0.2) is 44.8 Å². The van der Waals surface area contributed by atoms with E-state index in [2.05, 4.69) is 18.9 Å². The minimum absolute atomic E-state index is 0.320. The van der Waals surface area contributed by atoms with E-state index in [0.717, 1.165) is 39.1 Å². The Bertz CT molecular complexity index is 167. The van der Waals surface area contributed by atoms with Gasteiger partial charge in [0.15, 0.2) is 0 Å². The highest BCUT2D eigenvalue weighted by Crippen LogP contribution is 2.29. The number of nitrogens with two attached hydrogens (primary N) is 1. The molecular weight excluding hydrogens is 188 g/mol. The lowest BCUT2D eigenvalue weighted by Gasteiger charge is -2.39. The van der Waals surface area contributed by atoms with E-state index in [9.17, 15) is 0 Å². The normalized spacial score (nSPS) is 20.8. The summed E-state index contributed by atoms with van der Waals surface area (Å²) in [6.07, 6.45) is 4.80. The number of rotatable bonds is 6. The molecule has 0 unspecified atom stereocenters. The number of hydrogen-bond donors (Lipinski definition) is 1. The van der Waals surface area contributed by atoms with Gasteiger partial charge in [-0.3, -0.25) is 0 Å². The summed E-state index contributed by atoms with van der Waals surface area (Å²) in [5.74, 6) is 0. The topological polar surface area (TPSA) is 38.5 Å².